The van der Waals surface area contributed by atoms with Crippen LogP contribution in [0.5, 0.6) is 0 Å². The molecule has 150 valence electrons. The van der Waals surface area contributed by atoms with Gasteiger partial charge >= 0.3 is 0 Å². The number of rotatable bonds is 6. The van der Waals surface area contributed by atoms with Gasteiger partial charge < -0.3 is 5.32 Å². The van der Waals surface area contributed by atoms with E-state index in [0.717, 1.165) is 23.5 Å². The van der Waals surface area contributed by atoms with Crippen molar-refractivity contribution in [2.45, 2.75) is 25.8 Å². The summed E-state index contributed by atoms with van der Waals surface area (Å²) in [5.41, 5.74) is -1.66. The quantitative estimate of drug-likeness (QED) is 0.604. The van der Waals surface area contributed by atoms with Gasteiger partial charge in [0, 0.05) is 16.7 Å². The van der Waals surface area contributed by atoms with Gasteiger partial charge in [-0.1, -0.05) is 11.3 Å². The molecular formula is C17H12F4N6OS. The van der Waals surface area contributed by atoms with Gasteiger partial charge in [-0.25, -0.2) is 27.5 Å². The van der Waals surface area contributed by atoms with Crippen LogP contribution in [-0.4, -0.2) is 25.7 Å². The van der Waals surface area contributed by atoms with E-state index >= 15 is 0 Å². The number of nitrogens with zero attached hydrogens (tertiary/aromatic N) is 5. The second-order valence-corrected chi connectivity index (χ2v) is 6.84. The lowest BCUT2D eigenvalue weighted by molar-refractivity contribution is 0.0936. The van der Waals surface area contributed by atoms with Gasteiger partial charge in [0.1, 0.15) is 17.3 Å². The number of nitriles is 1. The van der Waals surface area contributed by atoms with E-state index in [-0.39, 0.29) is 11.4 Å². The molecule has 0 aliphatic rings. The Kier molecular flexibility index (Phi) is 5.88. The third-order valence-corrected chi connectivity index (χ3v) is 4.72. The molecule has 3 aromatic rings. The molecule has 7 nitrogen and oxygen atoms in total. The minimum atomic E-state index is -3.00. The fraction of sp³-hybridized carbons (Fsp3) is 0.235. The molecule has 1 amide bonds. The second kappa shape index (κ2) is 8.36. The Labute approximate surface area is 165 Å². The van der Waals surface area contributed by atoms with Gasteiger partial charge in [-0.05, 0) is 25.1 Å². The highest BCUT2D eigenvalue weighted by Gasteiger charge is 2.22. The van der Waals surface area contributed by atoms with E-state index < -0.39 is 35.9 Å². The Morgan fingerprint density at radius 2 is 1.83 bits per heavy atom. The molecule has 29 heavy (non-hydrogen) atoms. The Bertz CT molecular complexity index is 1050. The minimum absolute atomic E-state index is 0.260. The second-order valence-electron chi connectivity index (χ2n) is 5.83. The molecule has 2 heterocycles. The number of carbonyl (C=O) groups is 1. The average molecular weight is 424 g/mol. The van der Waals surface area contributed by atoms with Crippen molar-refractivity contribution in [3.63, 3.8) is 0 Å². The van der Waals surface area contributed by atoms with Crippen molar-refractivity contribution in [2.24, 2.45) is 0 Å². The first-order valence-corrected chi connectivity index (χ1v) is 8.90. The van der Waals surface area contributed by atoms with Crippen LogP contribution in [0.2, 0.25) is 0 Å². The molecule has 1 atom stereocenters. The summed E-state index contributed by atoms with van der Waals surface area (Å²) in [6.45, 7) is 1.56. The highest BCUT2D eigenvalue weighted by molar-refractivity contribution is 7.14. The third-order valence-electron chi connectivity index (χ3n) is 3.84. The van der Waals surface area contributed by atoms with Crippen molar-refractivity contribution in [1.82, 2.24) is 25.1 Å². The lowest BCUT2D eigenvalue weighted by atomic mass is 10.0. The fourth-order valence-electron chi connectivity index (χ4n) is 2.51. The standard InChI is InChI=1S/C17H12F4N6OS/c1-8(15-24-7-25-27(15)17-23-6-12(5-22)29-17)26-16(28)11-3-9(13(18)19)2-10(4-11)14(20)21/h2-4,6-8,13-14H,1H3,(H,26,28). The van der Waals surface area contributed by atoms with Gasteiger partial charge in [0.2, 0.25) is 5.13 Å². The Morgan fingerprint density at radius 3 is 2.38 bits per heavy atom. The first-order valence-electron chi connectivity index (χ1n) is 8.08. The number of halogens is 4. The highest BCUT2D eigenvalue weighted by atomic mass is 32.1. The average Bonchev–Trinajstić information content (AvgIpc) is 3.36. The predicted octanol–water partition coefficient (Wildman–Crippen LogP) is 3.96. The van der Waals surface area contributed by atoms with E-state index in [1.54, 1.807) is 6.92 Å². The zero-order chi connectivity index (χ0) is 21.1. The van der Waals surface area contributed by atoms with Crippen LogP contribution in [-0.2, 0) is 0 Å². The van der Waals surface area contributed by atoms with Crippen LogP contribution in [0.15, 0.2) is 30.7 Å². The van der Waals surface area contributed by atoms with Gasteiger partial charge in [-0.2, -0.15) is 15.0 Å². The van der Waals surface area contributed by atoms with Crippen molar-refractivity contribution in [3.05, 3.63) is 58.1 Å². The van der Waals surface area contributed by atoms with Crippen LogP contribution in [0.1, 0.15) is 58.0 Å². The topological polar surface area (TPSA) is 96.5 Å². The van der Waals surface area contributed by atoms with Crippen LogP contribution in [0.25, 0.3) is 5.13 Å². The summed E-state index contributed by atoms with van der Waals surface area (Å²) in [7, 11) is 0. The smallest absolute Gasteiger partial charge is 0.263 e. The zero-order valence-corrected chi connectivity index (χ0v) is 15.5. The molecule has 0 bridgehead atoms. The Hall–Kier alpha value is -3.33. The lowest BCUT2D eigenvalue weighted by Gasteiger charge is -2.15. The molecule has 0 saturated heterocycles. The number of carbonyl (C=O) groups excluding carboxylic acids is 1. The molecule has 3 rings (SSSR count). The largest absolute Gasteiger partial charge is 0.342 e. The maximum absolute atomic E-state index is 13.0. The molecule has 1 aromatic carbocycles. The SMILES string of the molecule is CC(NC(=O)c1cc(C(F)F)cc(C(F)F)c1)c1ncnn1-c1ncc(C#N)s1. The fourth-order valence-corrected chi connectivity index (χ4v) is 3.19. The lowest BCUT2D eigenvalue weighted by Crippen LogP contribution is -2.29. The summed E-state index contributed by atoms with van der Waals surface area (Å²) >= 11 is 1.06. The summed E-state index contributed by atoms with van der Waals surface area (Å²) in [4.78, 5) is 20.9. The number of hydrogen-bond acceptors (Lipinski definition) is 6. The summed E-state index contributed by atoms with van der Waals surface area (Å²) < 4.78 is 53.3. The molecule has 0 aliphatic carbocycles. The first-order chi connectivity index (χ1) is 13.8. The van der Waals surface area contributed by atoms with Crippen LogP contribution in [0.3, 0.4) is 0 Å². The molecule has 1 unspecified atom stereocenters. The maximum atomic E-state index is 13.0. The third kappa shape index (κ3) is 4.40. The monoisotopic (exact) mass is 424 g/mol. The Balaban J connectivity index is 1.85. The number of benzene rings is 1. The van der Waals surface area contributed by atoms with E-state index in [1.165, 1.54) is 17.2 Å². The van der Waals surface area contributed by atoms with Crippen LogP contribution >= 0.6 is 11.3 Å². The number of thiazole rings is 1. The van der Waals surface area contributed by atoms with E-state index in [9.17, 15) is 22.4 Å². The predicted molar refractivity (Wildman–Crippen MR) is 94.0 cm³/mol. The van der Waals surface area contributed by atoms with E-state index in [4.69, 9.17) is 5.26 Å². The van der Waals surface area contributed by atoms with E-state index in [2.05, 4.69) is 20.4 Å². The molecule has 0 aliphatic heterocycles. The van der Waals surface area contributed by atoms with Crippen LogP contribution in [0, 0.1) is 11.3 Å². The number of alkyl halides is 4. The number of amides is 1. The van der Waals surface area contributed by atoms with Gasteiger partial charge in [0.05, 0.1) is 12.2 Å². The number of nitrogens with one attached hydrogen (secondary N) is 1. The van der Waals surface area contributed by atoms with Crippen LogP contribution in [0.4, 0.5) is 17.6 Å². The highest BCUT2D eigenvalue weighted by Crippen LogP contribution is 2.27. The summed E-state index contributed by atoms with van der Waals surface area (Å²) in [5, 5.41) is 15.8. The molecule has 0 radical (unpaired) electrons. The molecule has 0 saturated carbocycles. The Morgan fingerprint density at radius 1 is 1.17 bits per heavy atom. The van der Waals surface area contributed by atoms with Gasteiger partial charge in [-0.3, -0.25) is 4.79 Å². The normalized spacial score (nSPS) is 12.2. The van der Waals surface area contributed by atoms with E-state index in [1.807, 2.05) is 6.07 Å². The number of aromatic nitrogens is 4. The molecule has 0 spiro atoms. The van der Waals surface area contributed by atoms with Crippen molar-refractivity contribution in [1.29, 1.82) is 5.26 Å². The minimum Gasteiger partial charge on any atom is -0.342 e. The number of hydrogen-bond donors (Lipinski definition) is 1. The maximum Gasteiger partial charge on any atom is 0.263 e. The first kappa shape index (κ1) is 20.4. The molecule has 1 N–H and O–H groups in total. The van der Waals surface area contributed by atoms with Crippen molar-refractivity contribution in [2.75, 3.05) is 0 Å². The summed E-state index contributed by atoms with van der Waals surface area (Å²) in [5.74, 6) is -0.565. The van der Waals surface area contributed by atoms with Gasteiger partial charge in [0.15, 0.2) is 5.82 Å². The molecule has 0 fully saturated rings. The van der Waals surface area contributed by atoms with Crippen molar-refractivity contribution in [3.8, 4) is 11.2 Å². The molecule has 2 aromatic heterocycles. The van der Waals surface area contributed by atoms with Crippen molar-refractivity contribution >= 4 is 17.2 Å². The summed E-state index contributed by atoms with van der Waals surface area (Å²) in [6, 6.07) is 3.58. The van der Waals surface area contributed by atoms with Crippen LogP contribution < -0.4 is 5.32 Å². The molecule has 12 heteroatoms. The molecular weight excluding hydrogens is 412 g/mol. The van der Waals surface area contributed by atoms with Gasteiger partial charge in [-0.15, -0.1) is 0 Å². The zero-order valence-electron chi connectivity index (χ0n) is 14.7. The van der Waals surface area contributed by atoms with Gasteiger partial charge in [0.25, 0.3) is 18.8 Å². The van der Waals surface area contributed by atoms with Crippen molar-refractivity contribution < 1.29 is 22.4 Å². The summed E-state index contributed by atoms with van der Waals surface area (Å²) in [6.07, 6.45) is -3.42. The van der Waals surface area contributed by atoms with E-state index in [0.29, 0.717) is 16.1 Å².